The van der Waals surface area contributed by atoms with Crippen LogP contribution >= 0.6 is 0 Å². The van der Waals surface area contributed by atoms with E-state index >= 15 is 0 Å². The maximum absolute atomic E-state index is 12.0. The molecule has 2 N–H and O–H groups in total. The maximum Gasteiger partial charge on any atom is 0.251 e. The fourth-order valence-electron chi connectivity index (χ4n) is 1.69. The molecule has 0 unspecified atom stereocenters. The average molecular weight is 274 g/mol. The highest BCUT2D eigenvalue weighted by Gasteiger charge is 2.08. The monoisotopic (exact) mass is 274 g/mol. The molecule has 1 amide bonds. The van der Waals surface area contributed by atoms with Gasteiger partial charge in [0, 0.05) is 24.4 Å². The van der Waals surface area contributed by atoms with Crippen molar-refractivity contribution in [3.63, 3.8) is 0 Å². The molecule has 0 aliphatic carbocycles. The lowest BCUT2D eigenvalue weighted by Gasteiger charge is -2.06. The van der Waals surface area contributed by atoms with Crippen molar-refractivity contribution in [1.82, 2.24) is 15.5 Å². The van der Waals surface area contributed by atoms with E-state index in [1.165, 1.54) is 0 Å². The van der Waals surface area contributed by atoms with Gasteiger partial charge in [-0.05, 0) is 25.5 Å². The van der Waals surface area contributed by atoms with Crippen molar-refractivity contribution in [2.75, 3.05) is 11.9 Å². The van der Waals surface area contributed by atoms with E-state index in [0.29, 0.717) is 23.7 Å². The molecular weight excluding hydrogens is 256 g/mol. The summed E-state index contributed by atoms with van der Waals surface area (Å²) in [6.07, 6.45) is 2.62. The Balaban J connectivity index is 1.94. The number of carbonyl (C=O) groups is 1. The maximum atomic E-state index is 12.0. The van der Waals surface area contributed by atoms with E-state index in [-0.39, 0.29) is 5.91 Å². The van der Waals surface area contributed by atoms with Gasteiger partial charge in [-0.3, -0.25) is 4.79 Å². The first kappa shape index (κ1) is 14.0. The SMILES string of the molecule is CCCNc1cc(C(=O)NCc2cc(C)no2)ccn1. The lowest BCUT2D eigenvalue weighted by atomic mass is 10.2. The summed E-state index contributed by atoms with van der Waals surface area (Å²) in [5.41, 5.74) is 1.36. The molecule has 2 aromatic rings. The van der Waals surface area contributed by atoms with Crippen LogP contribution in [0.25, 0.3) is 0 Å². The molecule has 0 fully saturated rings. The average Bonchev–Trinajstić information content (AvgIpc) is 2.88. The van der Waals surface area contributed by atoms with Crippen LogP contribution in [-0.2, 0) is 6.54 Å². The van der Waals surface area contributed by atoms with Crippen LogP contribution in [0, 0.1) is 6.92 Å². The minimum absolute atomic E-state index is 0.166. The lowest BCUT2D eigenvalue weighted by molar-refractivity contribution is 0.0947. The van der Waals surface area contributed by atoms with Gasteiger partial charge in [0.25, 0.3) is 5.91 Å². The summed E-state index contributed by atoms with van der Waals surface area (Å²) in [6.45, 7) is 5.06. The van der Waals surface area contributed by atoms with E-state index in [1.54, 1.807) is 24.4 Å². The number of hydrogen-bond donors (Lipinski definition) is 2. The third kappa shape index (κ3) is 3.81. The molecule has 0 spiro atoms. The molecule has 0 saturated heterocycles. The first-order chi connectivity index (χ1) is 9.69. The molecule has 6 heteroatoms. The molecule has 0 aliphatic rings. The first-order valence-corrected chi connectivity index (χ1v) is 6.59. The van der Waals surface area contributed by atoms with Crippen molar-refractivity contribution >= 4 is 11.7 Å². The van der Waals surface area contributed by atoms with Crippen LogP contribution in [0.1, 0.15) is 35.2 Å². The molecule has 0 bridgehead atoms. The largest absolute Gasteiger partial charge is 0.370 e. The van der Waals surface area contributed by atoms with Gasteiger partial charge in [-0.15, -0.1) is 0 Å². The minimum atomic E-state index is -0.166. The molecular formula is C14H18N4O2. The van der Waals surface area contributed by atoms with E-state index < -0.39 is 0 Å². The number of aryl methyl sites for hydroxylation is 1. The summed E-state index contributed by atoms with van der Waals surface area (Å²) >= 11 is 0. The normalized spacial score (nSPS) is 10.3. The Hall–Kier alpha value is -2.37. The van der Waals surface area contributed by atoms with Crippen LogP contribution in [0.15, 0.2) is 28.9 Å². The van der Waals surface area contributed by atoms with Gasteiger partial charge in [-0.2, -0.15) is 0 Å². The van der Waals surface area contributed by atoms with Crippen LogP contribution < -0.4 is 10.6 Å². The van der Waals surface area contributed by atoms with Crippen LogP contribution in [0.4, 0.5) is 5.82 Å². The number of nitrogens with zero attached hydrogens (tertiary/aromatic N) is 2. The fourth-order valence-corrected chi connectivity index (χ4v) is 1.69. The minimum Gasteiger partial charge on any atom is -0.370 e. The Bertz CT molecular complexity index is 580. The third-order valence-electron chi connectivity index (χ3n) is 2.68. The van der Waals surface area contributed by atoms with Crippen LogP contribution in [0.5, 0.6) is 0 Å². The van der Waals surface area contributed by atoms with Crippen molar-refractivity contribution in [3.8, 4) is 0 Å². The smallest absolute Gasteiger partial charge is 0.251 e. The number of carbonyl (C=O) groups excluding carboxylic acids is 1. The van der Waals surface area contributed by atoms with Crippen LogP contribution in [0.3, 0.4) is 0 Å². The van der Waals surface area contributed by atoms with Crippen LogP contribution in [-0.4, -0.2) is 22.6 Å². The Kier molecular flexibility index (Phi) is 4.70. The fraction of sp³-hybridized carbons (Fsp3) is 0.357. The summed E-state index contributed by atoms with van der Waals surface area (Å²) in [4.78, 5) is 16.2. The van der Waals surface area contributed by atoms with Gasteiger partial charge in [0.05, 0.1) is 12.2 Å². The highest BCUT2D eigenvalue weighted by atomic mass is 16.5. The highest BCUT2D eigenvalue weighted by Crippen LogP contribution is 2.08. The van der Waals surface area contributed by atoms with Gasteiger partial charge in [0.15, 0.2) is 5.76 Å². The molecule has 2 rings (SSSR count). The summed E-state index contributed by atoms with van der Waals surface area (Å²) < 4.78 is 5.04. The van der Waals surface area contributed by atoms with Gasteiger partial charge in [0.1, 0.15) is 5.82 Å². The zero-order valence-electron chi connectivity index (χ0n) is 11.6. The van der Waals surface area contributed by atoms with Crippen molar-refractivity contribution in [1.29, 1.82) is 0 Å². The molecule has 2 heterocycles. The summed E-state index contributed by atoms with van der Waals surface area (Å²) in [5, 5.41) is 9.70. The number of anilines is 1. The van der Waals surface area contributed by atoms with Crippen LogP contribution in [0.2, 0.25) is 0 Å². The number of nitrogens with one attached hydrogen (secondary N) is 2. The predicted octanol–water partition coefficient (Wildman–Crippen LogP) is 2.13. The molecule has 2 aromatic heterocycles. The van der Waals surface area contributed by atoms with Crippen molar-refractivity contribution in [2.24, 2.45) is 0 Å². The molecule has 106 valence electrons. The summed E-state index contributed by atoms with van der Waals surface area (Å²) in [5.74, 6) is 1.17. The second-order valence-electron chi connectivity index (χ2n) is 4.47. The van der Waals surface area contributed by atoms with E-state index in [0.717, 1.165) is 18.7 Å². The molecule has 0 saturated carbocycles. The third-order valence-corrected chi connectivity index (χ3v) is 2.68. The second kappa shape index (κ2) is 6.70. The molecule has 20 heavy (non-hydrogen) atoms. The first-order valence-electron chi connectivity index (χ1n) is 6.59. The van der Waals surface area contributed by atoms with Crippen molar-refractivity contribution in [2.45, 2.75) is 26.8 Å². The van der Waals surface area contributed by atoms with Crippen molar-refractivity contribution < 1.29 is 9.32 Å². The summed E-state index contributed by atoms with van der Waals surface area (Å²) in [7, 11) is 0. The quantitative estimate of drug-likeness (QED) is 0.843. The van der Waals surface area contributed by atoms with E-state index in [2.05, 4.69) is 27.7 Å². The molecule has 0 radical (unpaired) electrons. The van der Waals surface area contributed by atoms with E-state index in [4.69, 9.17) is 4.52 Å². The topological polar surface area (TPSA) is 80.0 Å². The summed E-state index contributed by atoms with van der Waals surface area (Å²) in [6, 6.07) is 5.20. The number of pyridine rings is 1. The standard InChI is InChI=1S/C14H18N4O2/c1-3-5-15-13-8-11(4-6-16-13)14(19)17-9-12-7-10(2)18-20-12/h4,6-8H,3,5,9H2,1-2H3,(H,15,16)(H,17,19). The Morgan fingerprint density at radius 1 is 1.40 bits per heavy atom. The Labute approximate surface area is 117 Å². The number of rotatable bonds is 6. The Morgan fingerprint density at radius 2 is 2.25 bits per heavy atom. The molecule has 0 aliphatic heterocycles. The van der Waals surface area contributed by atoms with Gasteiger partial charge < -0.3 is 15.2 Å². The van der Waals surface area contributed by atoms with Gasteiger partial charge >= 0.3 is 0 Å². The van der Waals surface area contributed by atoms with E-state index in [9.17, 15) is 4.79 Å². The Morgan fingerprint density at radius 3 is 2.95 bits per heavy atom. The molecule has 0 atom stereocenters. The highest BCUT2D eigenvalue weighted by molar-refractivity contribution is 5.94. The number of aromatic nitrogens is 2. The number of hydrogen-bond acceptors (Lipinski definition) is 5. The van der Waals surface area contributed by atoms with Crippen molar-refractivity contribution in [3.05, 3.63) is 41.4 Å². The zero-order valence-corrected chi connectivity index (χ0v) is 11.6. The van der Waals surface area contributed by atoms with E-state index in [1.807, 2.05) is 6.92 Å². The lowest BCUT2D eigenvalue weighted by Crippen LogP contribution is -2.22. The predicted molar refractivity (Wildman–Crippen MR) is 75.4 cm³/mol. The zero-order chi connectivity index (χ0) is 14.4. The number of amides is 1. The van der Waals surface area contributed by atoms with Gasteiger partial charge in [0.2, 0.25) is 0 Å². The molecule has 6 nitrogen and oxygen atoms in total. The second-order valence-corrected chi connectivity index (χ2v) is 4.47. The van der Waals surface area contributed by atoms with Gasteiger partial charge in [-0.25, -0.2) is 4.98 Å². The molecule has 0 aromatic carbocycles. The van der Waals surface area contributed by atoms with Gasteiger partial charge in [-0.1, -0.05) is 12.1 Å².